The summed E-state index contributed by atoms with van der Waals surface area (Å²) in [5.41, 5.74) is 2.38. The number of nitrogens with zero attached hydrogens (tertiary/aromatic N) is 2. The Morgan fingerprint density at radius 1 is 1.29 bits per heavy atom. The Morgan fingerprint density at radius 3 is 2.68 bits per heavy atom. The first-order valence-electron chi connectivity index (χ1n) is 8.73. The Kier molecular flexibility index (Phi) is 6.14. The first-order valence-corrected chi connectivity index (χ1v) is 9.81. The van der Waals surface area contributed by atoms with Gasteiger partial charge < -0.3 is 14.6 Å². The maximum Gasteiger partial charge on any atom is 0.199 e. The van der Waals surface area contributed by atoms with E-state index >= 15 is 0 Å². The predicted molar refractivity (Wildman–Crippen MR) is 117 cm³/mol. The zero-order valence-electron chi connectivity index (χ0n) is 15.6. The molecule has 7 heteroatoms. The van der Waals surface area contributed by atoms with Gasteiger partial charge in [0.1, 0.15) is 5.82 Å². The Bertz CT molecular complexity index is 1110. The maximum atomic E-state index is 14.5. The number of aliphatic hydroxyl groups is 1. The number of hydrogen-bond donors (Lipinski definition) is 1. The van der Waals surface area contributed by atoms with Crippen molar-refractivity contribution in [1.82, 2.24) is 4.57 Å². The van der Waals surface area contributed by atoms with Crippen molar-refractivity contribution < 1.29 is 14.3 Å². The molecule has 0 aliphatic carbocycles. The Labute approximate surface area is 175 Å². The van der Waals surface area contributed by atoms with Gasteiger partial charge in [-0.05, 0) is 51.9 Å². The molecule has 0 fully saturated rings. The number of carbonyl (C=O) groups is 1. The standard InChI is InChI=1S/C21H20FIN2O3/c1-24(2)18-10-13(8-14-4-3-5-17(23)19(14)22)9-16-20(18)25(6-7-26)11-15(12-27)21(16)28/h3-5,9-12,26H,6-8H2,1-2H3. The second kappa shape index (κ2) is 8.40. The van der Waals surface area contributed by atoms with Gasteiger partial charge in [0.15, 0.2) is 11.7 Å². The molecule has 3 aromatic rings. The fourth-order valence-electron chi connectivity index (χ4n) is 3.31. The van der Waals surface area contributed by atoms with Gasteiger partial charge in [-0.15, -0.1) is 0 Å². The number of anilines is 1. The smallest absolute Gasteiger partial charge is 0.199 e. The third-order valence-corrected chi connectivity index (χ3v) is 5.45. The van der Waals surface area contributed by atoms with Crippen LogP contribution in [0.5, 0.6) is 0 Å². The molecule has 0 saturated carbocycles. The van der Waals surface area contributed by atoms with Crippen LogP contribution < -0.4 is 10.3 Å². The summed E-state index contributed by atoms with van der Waals surface area (Å²) in [7, 11) is 3.71. The molecule has 0 saturated heterocycles. The molecule has 0 atom stereocenters. The van der Waals surface area contributed by atoms with Gasteiger partial charge >= 0.3 is 0 Å². The van der Waals surface area contributed by atoms with E-state index in [-0.39, 0.29) is 30.0 Å². The van der Waals surface area contributed by atoms with Crippen LogP contribution in [0, 0.1) is 9.39 Å². The van der Waals surface area contributed by atoms with E-state index in [9.17, 15) is 19.1 Å². The number of hydrogen-bond acceptors (Lipinski definition) is 4. The van der Waals surface area contributed by atoms with Gasteiger partial charge in [-0.3, -0.25) is 9.59 Å². The van der Waals surface area contributed by atoms with Crippen LogP contribution >= 0.6 is 22.6 Å². The molecule has 5 nitrogen and oxygen atoms in total. The Balaban J connectivity index is 2.29. The molecule has 0 bridgehead atoms. The lowest BCUT2D eigenvalue weighted by Crippen LogP contribution is -2.19. The van der Waals surface area contributed by atoms with Gasteiger partial charge in [0.25, 0.3) is 0 Å². The molecular formula is C21H20FIN2O3. The van der Waals surface area contributed by atoms with E-state index in [2.05, 4.69) is 0 Å². The summed E-state index contributed by atoms with van der Waals surface area (Å²) >= 11 is 1.95. The molecular weight excluding hydrogens is 474 g/mol. The van der Waals surface area contributed by atoms with Crippen molar-refractivity contribution in [3.63, 3.8) is 0 Å². The third-order valence-electron chi connectivity index (χ3n) is 4.61. The van der Waals surface area contributed by atoms with Crippen LogP contribution in [-0.4, -0.2) is 36.7 Å². The maximum absolute atomic E-state index is 14.5. The quantitative estimate of drug-likeness (QED) is 0.423. The summed E-state index contributed by atoms with van der Waals surface area (Å²) < 4.78 is 16.7. The lowest BCUT2D eigenvalue weighted by atomic mass is 10.00. The molecule has 0 radical (unpaired) electrons. The minimum atomic E-state index is -0.368. The van der Waals surface area contributed by atoms with Crippen LogP contribution in [0.2, 0.25) is 0 Å². The summed E-state index contributed by atoms with van der Waals surface area (Å²) in [5, 5.41) is 9.78. The van der Waals surface area contributed by atoms with Crippen LogP contribution in [0.15, 0.2) is 41.3 Å². The molecule has 0 spiro atoms. The van der Waals surface area contributed by atoms with Crippen molar-refractivity contribution in [3.8, 4) is 0 Å². The van der Waals surface area contributed by atoms with Crippen molar-refractivity contribution in [3.05, 3.63) is 72.8 Å². The van der Waals surface area contributed by atoms with E-state index < -0.39 is 0 Å². The fraction of sp³-hybridized carbons (Fsp3) is 0.238. The van der Waals surface area contributed by atoms with Crippen LogP contribution in [0.1, 0.15) is 21.5 Å². The number of aldehydes is 1. The fourth-order valence-corrected chi connectivity index (χ4v) is 3.87. The summed E-state index contributed by atoms with van der Waals surface area (Å²) in [6.07, 6.45) is 2.32. The number of aromatic nitrogens is 1. The van der Waals surface area contributed by atoms with E-state index in [1.165, 1.54) is 6.20 Å². The minimum Gasteiger partial charge on any atom is -0.395 e. The van der Waals surface area contributed by atoms with E-state index in [1.807, 2.05) is 47.7 Å². The van der Waals surface area contributed by atoms with Crippen molar-refractivity contribution in [2.45, 2.75) is 13.0 Å². The largest absolute Gasteiger partial charge is 0.395 e. The van der Waals surface area contributed by atoms with Gasteiger partial charge in [0, 0.05) is 42.2 Å². The van der Waals surface area contributed by atoms with Crippen LogP contribution in [0.4, 0.5) is 10.1 Å². The highest BCUT2D eigenvalue weighted by Gasteiger charge is 2.16. The average molecular weight is 494 g/mol. The van der Waals surface area contributed by atoms with E-state index in [0.717, 1.165) is 11.3 Å². The number of aliphatic hydroxyl groups excluding tert-OH is 1. The van der Waals surface area contributed by atoms with Gasteiger partial charge in [-0.2, -0.15) is 0 Å². The highest BCUT2D eigenvalue weighted by Crippen LogP contribution is 2.28. The molecule has 28 heavy (non-hydrogen) atoms. The molecule has 146 valence electrons. The number of pyridine rings is 1. The zero-order valence-corrected chi connectivity index (χ0v) is 17.7. The van der Waals surface area contributed by atoms with Crippen molar-refractivity contribution in [2.24, 2.45) is 0 Å². The molecule has 0 aliphatic heterocycles. The molecule has 1 N–H and O–H groups in total. The molecule has 3 rings (SSSR count). The number of benzene rings is 2. The highest BCUT2D eigenvalue weighted by atomic mass is 127. The number of halogens is 2. The van der Waals surface area contributed by atoms with Gasteiger partial charge in [0.05, 0.1) is 23.4 Å². The van der Waals surface area contributed by atoms with Gasteiger partial charge in [0.2, 0.25) is 0 Å². The van der Waals surface area contributed by atoms with Crippen molar-refractivity contribution >= 4 is 45.5 Å². The van der Waals surface area contributed by atoms with E-state index in [0.29, 0.717) is 32.7 Å². The first kappa shape index (κ1) is 20.5. The summed E-state index contributed by atoms with van der Waals surface area (Å²) in [6, 6.07) is 8.85. The van der Waals surface area contributed by atoms with Crippen molar-refractivity contribution in [2.75, 3.05) is 25.6 Å². The molecule has 0 aliphatic rings. The van der Waals surface area contributed by atoms with Gasteiger partial charge in [-0.25, -0.2) is 4.39 Å². The Morgan fingerprint density at radius 2 is 2.04 bits per heavy atom. The molecule has 2 aromatic carbocycles. The lowest BCUT2D eigenvalue weighted by molar-refractivity contribution is 0.112. The monoisotopic (exact) mass is 494 g/mol. The summed E-state index contributed by atoms with van der Waals surface area (Å²) in [6.45, 7) is 0.127. The molecule has 1 aromatic heterocycles. The molecule has 1 heterocycles. The third kappa shape index (κ3) is 3.81. The topological polar surface area (TPSA) is 62.5 Å². The summed E-state index contributed by atoms with van der Waals surface area (Å²) in [4.78, 5) is 26.0. The first-order chi connectivity index (χ1) is 13.4. The van der Waals surface area contributed by atoms with Gasteiger partial charge in [-0.1, -0.05) is 12.1 Å². The lowest BCUT2D eigenvalue weighted by Gasteiger charge is -2.21. The molecule has 0 unspecified atom stereocenters. The van der Waals surface area contributed by atoms with E-state index in [4.69, 9.17) is 0 Å². The predicted octanol–water partition coefficient (Wildman–Crippen LogP) is 3.21. The second-order valence-electron chi connectivity index (χ2n) is 6.74. The SMILES string of the molecule is CN(C)c1cc(Cc2cccc(I)c2F)cc2c(=O)c(C=O)cn(CCO)c12. The van der Waals surface area contributed by atoms with E-state index in [1.54, 1.807) is 28.8 Å². The minimum absolute atomic E-state index is 0.0308. The van der Waals surface area contributed by atoms with Crippen LogP contribution in [0.3, 0.4) is 0 Å². The van der Waals surface area contributed by atoms with Crippen LogP contribution in [0.25, 0.3) is 10.9 Å². The van der Waals surface area contributed by atoms with Crippen molar-refractivity contribution in [1.29, 1.82) is 0 Å². The second-order valence-corrected chi connectivity index (χ2v) is 7.91. The zero-order chi connectivity index (χ0) is 20.4. The molecule has 0 amide bonds. The average Bonchev–Trinajstić information content (AvgIpc) is 2.67. The number of fused-ring (bicyclic) bond motifs is 1. The summed E-state index contributed by atoms with van der Waals surface area (Å²) in [5.74, 6) is -0.270. The van der Waals surface area contributed by atoms with Crippen LogP contribution in [-0.2, 0) is 13.0 Å². The number of rotatable bonds is 6. The Hall–Kier alpha value is -2.26. The normalized spacial score (nSPS) is 11.0. The number of carbonyl (C=O) groups excluding carboxylic acids is 1. The highest BCUT2D eigenvalue weighted by molar-refractivity contribution is 14.1.